The van der Waals surface area contributed by atoms with Gasteiger partial charge in [0.2, 0.25) is 17.9 Å². The second kappa shape index (κ2) is 10.3. The van der Waals surface area contributed by atoms with Gasteiger partial charge >= 0.3 is 12.1 Å². The van der Waals surface area contributed by atoms with E-state index in [1.54, 1.807) is 25.3 Å². The fourth-order valence-corrected chi connectivity index (χ4v) is 5.60. The maximum absolute atomic E-state index is 14.4. The summed E-state index contributed by atoms with van der Waals surface area (Å²) >= 11 is 3.32. The Kier molecular flexibility index (Phi) is 7.18. The van der Waals surface area contributed by atoms with Gasteiger partial charge in [-0.1, -0.05) is 22.0 Å². The molecule has 0 amide bonds. The molecular formula is C25H27BrF3N7O3. The Morgan fingerprint density at radius 2 is 2.00 bits per heavy atom. The summed E-state index contributed by atoms with van der Waals surface area (Å²) in [7, 11) is 0. The van der Waals surface area contributed by atoms with E-state index in [1.807, 2.05) is 4.90 Å². The van der Waals surface area contributed by atoms with Crippen LogP contribution < -0.4 is 20.7 Å². The third kappa shape index (κ3) is 5.81. The molecule has 0 unspecified atom stereocenters. The van der Waals surface area contributed by atoms with Gasteiger partial charge < -0.3 is 25.8 Å². The van der Waals surface area contributed by atoms with Gasteiger partial charge in [0.15, 0.2) is 0 Å². The summed E-state index contributed by atoms with van der Waals surface area (Å²) in [5.41, 5.74) is 6.46. The van der Waals surface area contributed by atoms with Gasteiger partial charge in [-0.15, -0.1) is 0 Å². The van der Waals surface area contributed by atoms with E-state index in [0.717, 1.165) is 0 Å². The number of nitrogens with two attached hydrogens (primary N) is 1. The first-order chi connectivity index (χ1) is 18.4. The number of hydrogen-bond acceptors (Lipinski definition) is 8. The van der Waals surface area contributed by atoms with Crippen LogP contribution in [0, 0.1) is 12.3 Å². The number of nitrogens with one attached hydrogen (secondary N) is 1. The summed E-state index contributed by atoms with van der Waals surface area (Å²) in [5.74, 6) is -1.03. The molecule has 39 heavy (non-hydrogen) atoms. The van der Waals surface area contributed by atoms with Crippen LogP contribution in [0.25, 0.3) is 5.69 Å². The van der Waals surface area contributed by atoms with Crippen LogP contribution in [0.4, 0.5) is 24.9 Å². The molecule has 5 rings (SSSR count). The first-order valence-electron chi connectivity index (χ1n) is 12.3. The van der Waals surface area contributed by atoms with Crippen LogP contribution in [0.15, 0.2) is 41.0 Å². The zero-order chi connectivity index (χ0) is 27.9. The quantitative estimate of drug-likeness (QED) is 0.379. The molecule has 208 valence electrons. The zero-order valence-corrected chi connectivity index (χ0v) is 22.5. The number of carboxylic acid groups (broad SMARTS) is 1. The fourth-order valence-electron chi connectivity index (χ4n) is 5.25. The average Bonchev–Trinajstić information content (AvgIpc) is 3.49. The molecule has 4 N–H and O–H groups in total. The van der Waals surface area contributed by atoms with E-state index in [4.69, 9.17) is 10.5 Å². The normalized spacial score (nSPS) is 19.8. The fraction of sp³-hybridized carbons (Fsp3) is 0.440. The van der Waals surface area contributed by atoms with Crippen molar-refractivity contribution < 1.29 is 27.8 Å². The summed E-state index contributed by atoms with van der Waals surface area (Å²) in [4.78, 5) is 21.5. The van der Waals surface area contributed by atoms with Crippen molar-refractivity contribution in [3.63, 3.8) is 0 Å². The third-order valence-electron chi connectivity index (χ3n) is 7.29. The third-order valence-corrected chi connectivity index (χ3v) is 7.79. The summed E-state index contributed by atoms with van der Waals surface area (Å²) in [6.07, 6.45) is -3.60. The first-order valence-corrected chi connectivity index (χ1v) is 13.1. The van der Waals surface area contributed by atoms with E-state index in [2.05, 4.69) is 36.3 Å². The summed E-state index contributed by atoms with van der Waals surface area (Å²) < 4.78 is 50.7. The van der Waals surface area contributed by atoms with E-state index in [1.165, 1.54) is 22.9 Å². The molecule has 2 saturated heterocycles. The van der Waals surface area contributed by atoms with Gasteiger partial charge in [0.05, 0.1) is 11.4 Å². The van der Waals surface area contributed by atoms with Crippen molar-refractivity contribution >= 4 is 33.7 Å². The number of halogens is 4. The number of aromatic nitrogens is 4. The van der Waals surface area contributed by atoms with Gasteiger partial charge in [0, 0.05) is 41.9 Å². The number of ether oxygens (including phenoxy) is 1. The van der Waals surface area contributed by atoms with Crippen molar-refractivity contribution in [1.82, 2.24) is 25.1 Å². The lowest BCUT2D eigenvalue weighted by Crippen LogP contribution is -2.41. The molecule has 1 spiro atoms. The Balaban J connectivity index is 1.40. The van der Waals surface area contributed by atoms with Crippen molar-refractivity contribution in [2.24, 2.45) is 5.41 Å². The van der Waals surface area contributed by atoms with Crippen molar-refractivity contribution in [3.05, 3.63) is 52.3 Å². The van der Waals surface area contributed by atoms with E-state index in [0.29, 0.717) is 54.9 Å². The van der Waals surface area contributed by atoms with Crippen LogP contribution in [-0.2, 0) is 4.79 Å². The molecule has 0 radical (unpaired) electrons. The SMILES string of the molecule is Cc1ccn(-c2cc(Br)ccc2[C@@H](Oc2cc(N3CCC4(CC3)CN[C@H](C(=O)O)C4)nc(N)n2)C(F)(F)F)n1. The molecular weight excluding hydrogens is 583 g/mol. The monoisotopic (exact) mass is 609 g/mol. The van der Waals surface area contributed by atoms with E-state index in [9.17, 15) is 23.1 Å². The highest BCUT2D eigenvalue weighted by atomic mass is 79.9. The number of benzene rings is 1. The number of hydrogen-bond donors (Lipinski definition) is 3. The van der Waals surface area contributed by atoms with Crippen LogP contribution in [0.5, 0.6) is 5.88 Å². The maximum atomic E-state index is 14.4. The zero-order valence-electron chi connectivity index (χ0n) is 21.0. The standard InChI is InChI=1S/C25H27BrF3N7O3/c1-14-4-7-36(34-14)18-10-15(26)2-3-16(18)21(25(27,28)29)39-20-11-19(32-23(30)33-20)35-8-5-24(6-9-35)12-17(22(37)38)31-13-24/h2-4,7,10-11,17,21,31H,5-6,8-9,12-13H2,1H3,(H,37,38)(H2,30,32,33)/t17-,21+/m0/s1. The molecule has 14 heteroatoms. The topological polar surface area (TPSA) is 131 Å². The molecule has 2 fully saturated rings. The Morgan fingerprint density at radius 1 is 1.26 bits per heavy atom. The maximum Gasteiger partial charge on any atom is 0.429 e. The first kappa shape index (κ1) is 27.2. The predicted molar refractivity (Wildman–Crippen MR) is 140 cm³/mol. The van der Waals surface area contributed by atoms with Gasteiger partial charge in [-0.2, -0.15) is 28.2 Å². The smallest absolute Gasteiger partial charge is 0.429 e. The number of carbonyl (C=O) groups is 1. The van der Waals surface area contributed by atoms with E-state index in [-0.39, 0.29) is 28.5 Å². The molecule has 4 heterocycles. The Labute approximate surface area is 230 Å². The minimum absolute atomic E-state index is 0.137. The minimum Gasteiger partial charge on any atom is -0.480 e. The number of aliphatic carboxylic acids is 1. The second-order valence-corrected chi connectivity index (χ2v) is 10.9. The molecule has 2 atom stereocenters. The summed E-state index contributed by atoms with van der Waals surface area (Å²) in [5, 5.41) is 16.7. The molecule has 1 aromatic carbocycles. The molecule has 0 saturated carbocycles. The van der Waals surface area contributed by atoms with Crippen molar-refractivity contribution in [2.75, 3.05) is 30.3 Å². The van der Waals surface area contributed by atoms with Crippen LogP contribution in [0.2, 0.25) is 0 Å². The molecule has 2 aliphatic heterocycles. The Bertz CT molecular complexity index is 1380. The van der Waals surface area contributed by atoms with Crippen LogP contribution in [-0.4, -0.2) is 62.7 Å². The molecule has 0 aliphatic carbocycles. The second-order valence-electron chi connectivity index (χ2n) is 10.0. The van der Waals surface area contributed by atoms with E-state index >= 15 is 0 Å². The molecule has 2 aliphatic rings. The summed E-state index contributed by atoms with van der Waals surface area (Å²) in [6, 6.07) is 6.87. The highest BCUT2D eigenvalue weighted by Gasteiger charge is 2.46. The van der Waals surface area contributed by atoms with Crippen LogP contribution in [0.3, 0.4) is 0 Å². The Morgan fingerprint density at radius 3 is 2.62 bits per heavy atom. The lowest BCUT2D eigenvalue weighted by molar-refractivity contribution is -0.198. The number of aryl methyl sites for hydroxylation is 1. The number of nitrogens with zero attached hydrogens (tertiary/aromatic N) is 5. The van der Waals surface area contributed by atoms with Gasteiger partial charge in [0.25, 0.3) is 0 Å². The number of piperidine rings is 1. The number of nitrogen functional groups attached to an aromatic ring is 1. The van der Waals surface area contributed by atoms with Crippen LogP contribution in [0.1, 0.15) is 36.6 Å². The average molecular weight is 610 g/mol. The van der Waals surface area contributed by atoms with Gasteiger partial charge in [-0.25, -0.2) is 4.68 Å². The Hall–Kier alpha value is -3.39. The number of carboxylic acids is 1. The highest BCUT2D eigenvalue weighted by molar-refractivity contribution is 9.10. The van der Waals surface area contributed by atoms with Gasteiger partial charge in [-0.05, 0) is 49.8 Å². The van der Waals surface area contributed by atoms with Crippen LogP contribution >= 0.6 is 15.9 Å². The molecule has 3 aromatic rings. The predicted octanol–water partition coefficient (Wildman–Crippen LogP) is 4.03. The summed E-state index contributed by atoms with van der Waals surface area (Å²) in [6.45, 7) is 3.44. The van der Waals surface area contributed by atoms with Crippen molar-refractivity contribution in [2.45, 2.75) is 44.5 Å². The highest BCUT2D eigenvalue weighted by Crippen LogP contribution is 2.42. The van der Waals surface area contributed by atoms with Crippen molar-refractivity contribution in [3.8, 4) is 11.6 Å². The molecule has 2 aromatic heterocycles. The molecule has 10 nitrogen and oxygen atoms in total. The van der Waals surface area contributed by atoms with Gasteiger partial charge in [-0.3, -0.25) is 4.79 Å². The number of anilines is 2. The number of rotatable bonds is 6. The largest absolute Gasteiger partial charge is 0.480 e. The number of alkyl halides is 3. The molecule has 0 bridgehead atoms. The van der Waals surface area contributed by atoms with Crippen molar-refractivity contribution in [1.29, 1.82) is 0 Å². The van der Waals surface area contributed by atoms with Gasteiger partial charge in [0.1, 0.15) is 11.9 Å². The lowest BCUT2D eigenvalue weighted by Gasteiger charge is -2.39. The lowest BCUT2D eigenvalue weighted by atomic mass is 9.76. The van der Waals surface area contributed by atoms with E-state index < -0.39 is 24.3 Å². The minimum atomic E-state index is -4.78.